The molecule has 1 saturated heterocycles. The van der Waals surface area contributed by atoms with Crippen molar-refractivity contribution >= 4 is 28.2 Å². The summed E-state index contributed by atoms with van der Waals surface area (Å²) in [5.74, 6) is -2.51. The Hall–Kier alpha value is -3.01. The number of thiazole rings is 1. The fraction of sp³-hybridized carbons (Fsp3) is 0.250. The minimum atomic E-state index is -1.26. The molecular formula is C20H21N3O5S. The third-order valence-electron chi connectivity index (χ3n) is 4.12. The number of benzene rings is 1. The van der Waals surface area contributed by atoms with Gasteiger partial charge < -0.3 is 14.9 Å². The normalized spacial score (nSPS) is 14.6. The lowest BCUT2D eigenvalue weighted by Crippen LogP contribution is -2.35. The third-order valence-corrected chi connectivity index (χ3v) is 5.17. The highest BCUT2D eigenvalue weighted by atomic mass is 32.1. The molecule has 1 fully saturated rings. The standard InChI is InChI=1S/C16H17N3OS.C4H4O4/c1-2-4-13(5-3-1)15-12-19-11-14(17-16(19)21-15)10-18-6-8-20-9-7-18;5-3(6)1-2-4(7)8/h1-5,11-12H,6-10H2;1-2H,(H,5,6)(H,7,8)/b;2-1-. The SMILES string of the molecule is O=C(O)/C=C\C(=O)O.c1ccc(-c2cn3cc(CN4CCOCC4)nc3s2)cc1. The number of morpholine rings is 1. The molecule has 2 aromatic heterocycles. The molecule has 1 aromatic carbocycles. The Morgan fingerprint density at radius 2 is 1.72 bits per heavy atom. The topological polar surface area (TPSA) is 104 Å². The molecule has 0 radical (unpaired) electrons. The number of hydrogen-bond acceptors (Lipinski definition) is 6. The van der Waals surface area contributed by atoms with Crippen LogP contribution in [0.5, 0.6) is 0 Å². The van der Waals surface area contributed by atoms with Crippen molar-refractivity contribution in [3.63, 3.8) is 0 Å². The largest absolute Gasteiger partial charge is 0.478 e. The second-order valence-corrected chi connectivity index (χ2v) is 7.29. The Balaban J connectivity index is 0.000000258. The van der Waals surface area contributed by atoms with E-state index >= 15 is 0 Å². The molecular weight excluding hydrogens is 394 g/mol. The van der Waals surface area contributed by atoms with Crippen LogP contribution in [0.15, 0.2) is 54.9 Å². The third kappa shape index (κ3) is 6.24. The zero-order valence-corrected chi connectivity index (χ0v) is 16.4. The summed E-state index contributed by atoms with van der Waals surface area (Å²) in [6, 6.07) is 10.5. The van der Waals surface area contributed by atoms with Crippen LogP contribution in [-0.4, -0.2) is 62.7 Å². The molecule has 0 unspecified atom stereocenters. The van der Waals surface area contributed by atoms with Gasteiger partial charge in [0.15, 0.2) is 4.96 Å². The molecule has 0 spiro atoms. The summed E-state index contributed by atoms with van der Waals surface area (Å²) in [4.78, 5) is 28.6. The molecule has 1 aliphatic rings. The summed E-state index contributed by atoms with van der Waals surface area (Å²) in [6.45, 7) is 4.58. The lowest BCUT2D eigenvalue weighted by molar-refractivity contribution is -0.134. The van der Waals surface area contributed by atoms with Gasteiger partial charge in [-0.25, -0.2) is 14.6 Å². The van der Waals surface area contributed by atoms with Crippen LogP contribution in [0.3, 0.4) is 0 Å². The summed E-state index contributed by atoms with van der Waals surface area (Å²) >= 11 is 1.74. The number of carboxylic acids is 2. The van der Waals surface area contributed by atoms with Crippen molar-refractivity contribution < 1.29 is 24.5 Å². The molecule has 2 N–H and O–H groups in total. The Labute approximate surface area is 171 Å². The van der Waals surface area contributed by atoms with Crippen molar-refractivity contribution in [2.75, 3.05) is 26.3 Å². The van der Waals surface area contributed by atoms with Crippen molar-refractivity contribution in [1.29, 1.82) is 0 Å². The maximum Gasteiger partial charge on any atom is 0.328 e. The zero-order chi connectivity index (χ0) is 20.6. The molecule has 0 amide bonds. The van der Waals surface area contributed by atoms with E-state index in [1.54, 1.807) is 11.3 Å². The average Bonchev–Trinajstić information content (AvgIpc) is 3.27. The number of aliphatic carboxylic acids is 2. The molecule has 0 bridgehead atoms. The van der Waals surface area contributed by atoms with Gasteiger partial charge in [0.2, 0.25) is 0 Å². The average molecular weight is 415 g/mol. The zero-order valence-electron chi connectivity index (χ0n) is 15.6. The number of imidazole rings is 1. The highest BCUT2D eigenvalue weighted by molar-refractivity contribution is 7.20. The summed E-state index contributed by atoms with van der Waals surface area (Å²) in [5.41, 5.74) is 2.39. The molecule has 0 aliphatic carbocycles. The minimum Gasteiger partial charge on any atom is -0.478 e. The Kier molecular flexibility index (Phi) is 7.12. The van der Waals surface area contributed by atoms with E-state index in [9.17, 15) is 9.59 Å². The van der Waals surface area contributed by atoms with Crippen molar-refractivity contribution in [3.8, 4) is 10.4 Å². The van der Waals surface area contributed by atoms with Crippen molar-refractivity contribution in [2.45, 2.75) is 6.54 Å². The van der Waals surface area contributed by atoms with Gasteiger partial charge in [0.25, 0.3) is 0 Å². The molecule has 152 valence electrons. The van der Waals surface area contributed by atoms with Gasteiger partial charge in [-0.15, -0.1) is 0 Å². The Morgan fingerprint density at radius 1 is 1.07 bits per heavy atom. The number of fused-ring (bicyclic) bond motifs is 1. The minimum absolute atomic E-state index is 0.558. The van der Waals surface area contributed by atoms with Crippen molar-refractivity contribution in [2.24, 2.45) is 0 Å². The van der Waals surface area contributed by atoms with E-state index in [0.717, 1.165) is 43.5 Å². The van der Waals surface area contributed by atoms with E-state index in [4.69, 9.17) is 19.9 Å². The maximum absolute atomic E-state index is 9.55. The molecule has 29 heavy (non-hydrogen) atoms. The van der Waals surface area contributed by atoms with Crippen LogP contribution < -0.4 is 0 Å². The molecule has 1 aliphatic heterocycles. The first-order valence-electron chi connectivity index (χ1n) is 8.98. The Morgan fingerprint density at radius 3 is 2.31 bits per heavy atom. The second-order valence-electron chi connectivity index (χ2n) is 6.28. The highest BCUT2D eigenvalue weighted by Gasteiger charge is 2.14. The van der Waals surface area contributed by atoms with Gasteiger partial charge in [0.05, 0.1) is 23.8 Å². The summed E-state index contributed by atoms with van der Waals surface area (Å²) in [5, 5.41) is 15.6. The van der Waals surface area contributed by atoms with Crippen LogP contribution in [-0.2, 0) is 20.9 Å². The van der Waals surface area contributed by atoms with E-state index in [1.807, 2.05) is 6.07 Å². The van der Waals surface area contributed by atoms with E-state index in [2.05, 4.69) is 46.0 Å². The second kappa shape index (κ2) is 9.97. The fourth-order valence-electron chi connectivity index (χ4n) is 2.79. The van der Waals surface area contributed by atoms with Crippen LogP contribution in [0, 0.1) is 0 Å². The summed E-state index contributed by atoms with van der Waals surface area (Å²) in [6.07, 6.45) is 5.43. The van der Waals surface area contributed by atoms with E-state index in [0.29, 0.717) is 12.2 Å². The van der Waals surface area contributed by atoms with Gasteiger partial charge in [-0.3, -0.25) is 9.30 Å². The fourth-order valence-corrected chi connectivity index (χ4v) is 3.78. The van der Waals surface area contributed by atoms with Crippen molar-refractivity contribution in [1.82, 2.24) is 14.3 Å². The van der Waals surface area contributed by atoms with E-state index in [1.165, 1.54) is 10.4 Å². The van der Waals surface area contributed by atoms with Gasteiger partial charge in [-0.2, -0.15) is 0 Å². The van der Waals surface area contributed by atoms with Crippen LogP contribution in [0.25, 0.3) is 15.4 Å². The van der Waals surface area contributed by atoms with Gasteiger partial charge >= 0.3 is 11.9 Å². The predicted octanol–water partition coefficient (Wildman–Crippen LogP) is 2.61. The van der Waals surface area contributed by atoms with Gasteiger partial charge in [-0.05, 0) is 5.56 Å². The monoisotopic (exact) mass is 415 g/mol. The van der Waals surface area contributed by atoms with E-state index < -0.39 is 11.9 Å². The lowest BCUT2D eigenvalue weighted by atomic mass is 10.2. The molecule has 0 atom stereocenters. The first kappa shape index (κ1) is 20.7. The number of nitrogens with zero attached hydrogens (tertiary/aromatic N) is 3. The molecule has 3 aromatic rings. The van der Waals surface area contributed by atoms with Gasteiger partial charge in [-0.1, -0.05) is 41.7 Å². The van der Waals surface area contributed by atoms with Crippen LogP contribution in [0.2, 0.25) is 0 Å². The summed E-state index contributed by atoms with van der Waals surface area (Å²) < 4.78 is 7.52. The van der Waals surface area contributed by atoms with Gasteiger partial charge in [0, 0.05) is 44.2 Å². The molecule has 8 nitrogen and oxygen atoms in total. The molecule has 9 heteroatoms. The first-order chi connectivity index (χ1) is 14.0. The lowest BCUT2D eigenvalue weighted by Gasteiger charge is -2.25. The number of carboxylic acid groups (broad SMARTS) is 2. The first-order valence-corrected chi connectivity index (χ1v) is 9.80. The Bertz CT molecular complexity index is 943. The predicted molar refractivity (Wildman–Crippen MR) is 109 cm³/mol. The molecule has 3 heterocycles. The summed E-state index contributed by atoms with van der Waals surface area (Å²) in [7, 11) is 0. The number of aromatic nitrogens is 2. The van der Waals surface area contributed by atoms with E-state index in [-0.39, 0.29) is 0 Å². The van der Waals surface area contributed by atoms with Crippen LogP contribution in [0.4, 0.5) is 0 Å². The number of hydrogen-bond donors (Lipinski definition) is 2. The quantitative estimate of drug-likeness (QED) is 0.617. The maximum atomic E-state index is 9.55. The van der Waals surface area contributed by atoms with Crippen LogP contribution >= 0.6 is 11.3 Å². The van der Waals surface area contributed by atoms with Crippen LogP contribution in [0.1, 0.15) is 5.69 Å². The number of carbonyl (C=O) groups is 2. The number of rotatable bonds is 5. The highest BCUT2D eigenvalue weighted by Crippen LogP contribution is 2.28. The smallest absolute Gasteiger partial charge is 0.328 e. The van der Waals surface area contributed by atoms with Crippen molar-refractivity contribution in [3.05, 3.63) is 60.6 Å². The molecule has 4 rings (SSSR count). The number of ether oxygens (including phenoxy) is 1. The molecule has 0 saturated carbocycles. The van der Waals surface area contributed by atoms with Gasteiger partial charge in [0.1, 0.15) is 0 Å².